The molecule has 2 amide bonds. The SMILES string of the molecule is CC1(C)CCCN(C(=O)NCc2nccs2)C1C(=O)O. The molecule has 2 heterocycles. The number of carboxylic acid groups (broad SMARTS) is 1. The lowest BCUT2D eigenvalue weighted by Gasteiger charge is -2.43. The molecular formula is C13H19N3O3S. The van der Waals surface area contributed by atoms with Crippen LogP contribution in [-0.2, 0) is 11.3 Å². The number of rotatable bonds is 3. The van der Waals surface area contributed by atoms with E-state index in [1.807, 2.05) is 19.2 Å². The van der Waals surface area contributed by atoms with Gasteiger partial charge in [-0.2, -0.15) is 0 Å². The van der Waals surface area contributed by atoms with Gasteiger partial charge in [-0.15, -0.1) is 11.3 Å². The number of aliphatic carboxylic acids is 1. The maximum atomic E-state index is 12.2. The molecule has 1 saturated heterocycles. The molecule has 2 rings (SSSR count). The second kappa shape index (κ2) is 5.78. The standard InChI is InChI=1S/C13H19N3O3S/c1-13(2)4-3-6-16(10(13)11(17)18)12(19)15-8-9-14-5-7-20-9/h5,7,10H,3-4,6,8H2,1-2H3,(H,15,19)(H,17,18). The van der Waals surface area contributed by atoms with E-state index in [4.69, 9.17) is 0 Å². The van der Waals surface area contributed by atoms with Gasteiger partial charge in [0.1, 0.15) is 11.0 Å². The molecule has 1 aliphatic rings. The van der Waals surface area contributed by atoms with E-state index in [-0.39, 0.29) is 6.03 Å². The molecule has 6 nitrogen and oxygen atoms in total. The van der Waals surface area contributed by atoms with Crippen LogP contribution in [0.2, 0.25) is 0 Å². The summed E-state index contributed by atoms with van der Waals surface area (Å²) in [5.74, 6) is -0.945. The van der Waals surface area contributed by atoms with Gasteiger partial charge in [0, 0.05) is 18.1 Å². The Bertz CT molecular complexity index is 487. The predicted molar refractivity (Wildman–Crippen MR) is 75.5 cm³/mol. The highest BCUT2D eigenvalue weighted by Gasteiger charge is 2.44. The van der Waals surface area contributed by atoms with Gasteiger partial charge in [0.2, 0.25) is 0 Å². The van der Waals surface area contributed by atoms with Crippen LogP contribution in [0.3, 0.4) is 0 Å². The van der Waals surface area contributed by atoms with Crippen LogP contribution in [0.5, 0.6) is 0 Å². The lowest BCUT2D eigenvalue weighted by molar-refractivity contribution is -0.148. The molecule has 110 valence electrons. The summed E-state index contributed by atoms with van der Waals surface area (Å²) < 4.78 is 0. The van der Waals surface area contributed by atoms with E-state index in [2.05, 4.69) is 10.3 Å². The number of aromatic nitrogens is 1. The van der Waals surface area contributed by atoms with Crippen molar-refractivity contribution in [2.24, 2.45) is 5.41 Å². The van der Waals surface area contributed by atoms with Crippen LogP contribution in [0.1, 0.15) is 31.7 Å². The minimum atomic E-state index is -0.945. The Morgan fingerprint density at radius 2 is 2.35 bits per heavy atom. The molecule has 1 unspecified atom stereocenters. The normalized spacial score (nSPS) is 21.5. The fourth-order valence-corrected chi connectivity index (χ4v) is 3.23. The number of thiazole rings is 1. The second-order valence-electron chi connectivity index (χ2n) is 5.61. The van der Waals surface area contributed by atoms with Crippen LogP contribution in [-0.4, -0.2) is 39.6 Å². The smallest absolute Gasteiger partial charge is 0.327 e. The molecule has 0 saturated carbocycles. The van der Waals surface area contributed by atoms with Gasteiger partial charge in [-0.1, -0.05) is 13.8 Å². The largest absolute Gasteiger partial charge is 0.480 e. The van der Waals surface area contributed by atoms with Crippen molar-refractivity contribution in [2.75, 3.05) is 6.54 Å². The highest BCUT2D eigenvalue weighted by atomic mass is 32.1. The first-order chi connectivity index (χ1) is 9.42. The third-order valence-electron chi connectivity index (χ3n) is 3.64. The fraction of sp³-hybridized carbons (Fsp3) is 0.615. The van der Waals surface area contributed by atoms with Gasteiger partial charge in [0.05, 0.1) is 6.54 Å². The van der Waals surface area contributed by atoms with Gasteiger partial charge in [0.15, 0.2) is 0 Å². The molecular weight excluding hydrogens is 278 g/mol. The Morgan fingerprint density at radius 1 is 1.60 bits per heavy atom. The van der Waals surface area contributed by atoms with E-state index in [0.29, 0.717) is 13.1 Å². The molecule has 20 heavy (non-hydrogen) atoms. The monoisotopic (exact) mass is 297 g/mol. The van der Waals surface area contributed by atoms with Crippen molar-refractivity contribution >= 4 is 23.3 Å². The summed E-state index contributed by atoms with van der Waals surface area (Å²) in [6.07, 6.45) is 3.30. The molecule has 1 aliphatic heterocycles. The number of piperidine rings is 1. The summed E-state index contributed by atoms with van der Waals surface area (Å²) in [4.78, 5) is 29.2. The van der Waals surface area contributed by atoms with Crippen molar-refractivity contribution in [1.82, 2.24) is 15.2 Å². The van der Waals surface area contributed by atoms with Crippen molar-refractivity contribution in [1.29, 1.82) is 0 Å². The zero-order valence-electron chi connectivity index (χ0n) is 11.6. The molecule has 1 fully saturated rings. The van der Waals surface area contributed by atoms with Crippen LogP contribution in [0.25, 0.3) is 0 Å². The Hall–Kier alpha value is -1.63. The lowest BCUT2D eigenvalue weighted by Crippen LogP contribution is -2.58. The maximum Gasteiger partial charge on any atom is 0.327 e. The first kappa shape index (κ1) is 14.8. The topological polar surface area (TPSA) is 82.5 Å². The molecule has 7 heteroatoms. The summed E-state index contributed by atoms with van der Waals surface area (Å²) >= 11 is 1.46. The molecule has 1 aromatic rings. The van der Waals surface area contributed by atoms with Gasteiger partial charge in [-0.3, -0.25) is 0 Å². The molecule has 0 aromatic carbocycles. The number of carbonyl (C=O) groups is 2. The summed E-state index contributed by atoms with van der Waals surface area (Å²) in [5, 5.41) is 14.8. The van der Waals surface area contributed by atoms with Gasteiger partial charge in [0.25, 0.3) is 0 Å². The van der Waals surface area contributed by atoms with Crippen LogP contribution in [0.4, 0.5) is 4.79 Å². The van der Waals surface area contributed by atoms with E-state index < -0.39 is 17.4 Å². The second-order valence-corrected chi connectivity index (χ2v) is 6.59. The number of nitrogens with one attached hydrogen (secondary N) is 1. The minimum absolute atomic E-state index is 0.333. The first-order valence-electron chi connectivity index (χ1n) is 6.57. The van der Waals surface area contributed by atoms with E-state index >= 15 is 0 Å². The Kier molecular flexibility index (Phi) is 4.27. The number of carbonyl (C=O) groups excluding carboxylic acids is 1. The van der Waals surface area contributed by atoms with Gasteiger partial charge < -0.3 is 15.3 Å². The number of nitrogens with zero attached hydrogens (tertiary/aromatic N) is 2. The molecule has 0 aliphatic carbocycles. The molecule has 0 radical (unpaired) electrons. The zero-order valence-corrected chi connectivity index (χ0v) is 12.4. The predicted octanol–water partition coefficient (Wildman–Crippen LogP) is 1.93. The molecule has 1 atom stereocenters. The summed E-state index contributed by atoms with van der Waals surface area (Å²) in [6.45, 7) is 4.60. The Labute approximate surface area is 121 Å². The van der Waals surface area contributed by atoms with Gasteiger partial charge in [-0.05, 0) is 18.3 Å². The Morgan fingerprint density at radius 3 is 2.95 bits per heavy atom. The van der Waals surface area contributed by atoms with E-state index in [9.17, 15) is 14.7 Å². The van der Waals surface area contributed by atoms with Gasteiger partial charge in [-0.25, -0.2) is 14.6 Å². The maximum absolute atomic E-state index is 12.2. The van der Waals surface area contributed by atoms with E-state index in [1.165, 1.54) is 16.2 Å². The number of urea groups is 1. The van der Waals surface area contributed by atoms with Gasteiger partial charge >= 0.3 is 12.0 Å². The summed E-state index contributed by atoms with van der Waals surface area (Å²) in [6, 6.07) is -1.12. The zero-order chi connectivity index (χ0) is 14.8. The number of carboxylic acids is 1. The van der Waals surface area contributed by atoms with Crippen LogP contribution in [0.15, 0.2) is 11.6 Å². The quantitative estimate of drug-likeness (QED) is 0.893. The summed E-state index contributed by atoms with van der Waals surface area (Å²) in [5.41, 5.74) is -0.414. The van der Waals surface area contributed by atoms with E-state index in [0.717, 1.165) is 17.8 Å². The average molecular weight is 297 g/mol. The van der Waals surface area contributed by atoms with Crippen molar-refractivity contribution in [3.63, 3.8) is 0 Å². The average Bonchev–Trinajstić information content (AvgIpc) is 2.86. The lowest BCUT2D eigenvalue weighted by atomic mass is 9.76. The molecule has 2 N–H and O–H groups in total. The van der Waals surface area contributed by atoms with Crippen LogP contribution < -0.4 is 5.32 Å². The molecule has 0 spiro atoms. The summed E-state index contributed by atoms with van der Waals surface area (Å²) in [7, 11) is 0. The first-order valence-corrected chi connectivity index (χ1v) is 7.45. The van der Waals surface area contributed by atoms with Crippen molar-refractivity contribution < 1.29 is 14.7 Å². The molecule has 1 aromatic heterocycles. The minimum Gasteiger partial charge on any atom is -0.480 e. The number of hydrogen-bond acceptors (Lipinski definition) is 4. The molecule has 0 bridgehead atoms. The number of likely N-dealkylation sites (tertiary alicyclic amines) is 1. The highest BCUT2D eigenvalue weighted by Crippen LogP contribution is 2.35. The van der Waals surface area contributed by atoms with Crippen LogP contribution >= 0.6 is 11.3 Å². The highest BCUT2D eigenvalue weighted by molar-refractivity contribution is 7.09. The fourth-order valence-electron chi connectivity index (χ4n) is 2.67. The van der Waals surface area contributed by atoms with Crippen molar-refractivity contribution in [2.45, 2.75) is 39.3 Å². The van der Waals surface area contributed by atoms with Crippen LogP contribution in [0, 0.1) is 5.41 Å². The van der Waals surface area contributed by atoms with Crippen molar-refractivity contribution in [3.8, 4) is 0 Å². The third kappa shape index (κ3) is 3.09. The van der Waals surface area contributed by atoms with E-state index in [1.54, 1.807) is 6.20 Å². The number of amides is 2. The van der Waals surface area contributed by atoms with Crippen molar-refractivity contribution in [3.05, 3.63) is 16.6 Å². The number of hydrogen-bond donors (Lipinski definition) is 2. The third-order valence-corrected chi connectivity index (χ3v) is 4.42. The Balaban J connectivity index is 2.04.